The van der Waals surface area contributed by atoms with E-state index >= 15 is 0 Å². The monoisotopic (exact) mass is 218 g/mol. The van der Waals surface area contributed by atoms with Gasteiger partial charge >= 0.3 is 0 Å². The number of hydrogen-bond acceptors (Lipinski definition) is 3. The van der Waals surface area contributed by atoms with E-state index in [9.17, 15) is 0 Å². The standard InChI is InChI=1S/C12H14N2S/c1-12(2,3)10-8-14-11(15-10)9-5-4-6-13-7-9/h4-8H,1-3H3. The van der Waals surface area contributed by atoms with Gasteiger partial charge < -0.3 is 0 Å². The summed E-state index contributed by atoms with van der Waals surface area (Å²) in [5.74, 6) is 0. The van der Waals surface area contributed by atoms with Gasteiger partial charge in [0.25, 0.3) is 0 Å². The van der Waals surface area contributed by atoms with Crippen LogP contribution in [0.3, 0.4) is 0 Å². The average Bonchev–Trinajstić information content (AvgIpc) is 2.67. The molecule has 0 unspecified atom stereocenters. The summed E-state index contributed by atoms with van der Waals surface area (Å²) in [4.78, 5) is 9.84. The zero-order valence-electron chi connectivity index (χ0n) is 9.19. The lowest BCUT2D eigenvalue weighted by Crippen LogP contribution is -2.07. The summed E-state index contributed by atoms with van der Waals surface area (Å²) in [7, 11) is 0. The number of pyridine rings is 1. The van der Waals surface area contributed by atoms with Gasteiger partial charge in [0.2, 0.25) is 0 Å². The van der Waals surface area contributed by atoms with Gasteiger partial charge in [-0.3, -0.25) is 4.98 Å². The number of rotatable bonds is 1. The lowest BCUT2D eigenvalue weighted by molar-refractivity contribution is 0.602. The molecule has 0 saturated carbocycles. The topological polar surface area (TPSA) is 25.8 Å². The maximum atomic E-state index is 4.43. The Labute approximate surface area is 94.0 Å². The van der Waals surface area contributed by atoms with Crippen molar-refractivity contribution in [2.24, 2.45) is 0 Å². The van der Waals surface area contributed by atoms with E-state index in [4.69, 9.17) is 0 Å². The van der Waals surface area contributed by atoms with Gasteiger partial charge in [0.05, 0.1) is 0 Å². The Bertz CT molecular complexity index is 440. The van der Waals surface area contributed by atoms with Crippen LogP contribution < -0.4 is 0 Å². The molecule has 2 aromatic rings. The van der Waals surface area contributed by atoms with Crippen LogP contribution in [0.15, 0.2) is 30.7 Å². The molecule has 0 radical (unpaired) electrons. The predicted octanol–water partition coefficient (Wildman–Crippen LogP) is 3.50. The van der Waals surface area contributed by atoms with E-state index in [1.807, 2.05) is 24.5 Å². The van der Waals surface area contributed by atoms with Gasteiger partial charge in [-0.1, -0.05) is 20.8 Å². The molecular weight excluding hydrogens is 204 g/mol. The van der Waals surface area contributed by atoms with Gasteiger partial charge in [0, 0.05) is 29.0 Å². The highest BCUT2D eigenvalue weighted by Gasteiger charge is 2.17. The summed E-state index contributed by atoms with van der Waals surface area (Å²) in [6.45, 7) is 6.61. The first kappa shape index (κ1) is 10.3. The summed E-state index contributed by atoms with van der Waals surface area (Å²) in [6.07, 6.45) is 5.60. The summed E-state index contributed by atoms with van der Waals surface area (Å²) in [6, 6.07) is 3.98. The highest BCUT2D eigenvalue weighted by atomic mass is 32.1. The fourth-order valence-electron chi connectivity index (χ4n) is 1.24. The first-order valence-electron chi connectivity index (χ1n) is 4.94. The molecule has 0 fully saturated rings. The van der Waals surface area contributed by atoms with Crippen molar-refractivity contribution in [3.8, 4) is 10.6 Å². The first-order valence-corrected chi connectivity index (χ1v) is 5.76. The van der Waals surface area contributed by atoms with Crippen LogP contribution in [0.4, 0.5) is 0 Å². The van der Waals surface area contributed by atoms with Gasteiger partial charge in [-0.25, -0.2) is 4.98 Å². The molecule has 0 spiro atoms. The van der Waals surface area contributed by atoms with Gasteiger partial charge in [0.15, 0.2) is 0 Å². The van der Waals surface area contributed by atoms with Crippen molar-refractivity contribution in [2.75, 3.05) is 0 Å². The Kier molecular flexibility index (Phi) is 2.57. The van der Waals surface area contributed by atoms with E-state index in [0.717, 1.165) is 10.6 Å². The molecule has 0 atom stereocenters. The lowest BCUT2D eigenvalue weighted by Gasteiger charge is -2.14. The molecule has 3 heteroatoms. The Morgan fingerprint density at radius 1 is 1.20 bits per heavy atom. The molecule has 78 valence electrons. The van der Waals surface area contributed by atoms with Crippen LogP contribution in [0, 0.1) is 0 Å². The molecule has 2 nitrogen and oxygen atoms in total. The molecule has 2 rings (SSSR count). The summed E-state index contributed by atoms with van der Waals surface area (Å²) < 4.78 is 0. The Morgan fingerprint density at radius 2 is 2.00 bits per heavy atom. The number of aromatic nitrogens is 2. The Hall–Kier alpha value is -1.22. The number of hydrogen-bond donors (Lipinski definition) is 0. The third-order valence-electron chi connectivity index (χ3n) is 2.15. The second-order valence-corrected chi connectivity index (χ2v) is 5.55. The van der Waals surface area contributed by atoms with Gasteiger partial charge in [-0.2, -0.15) is 0 Å². The van der Waals surface area contributed by atoms with Crippen LogP contribution in [-0.4, -0.2) is 9.97 Å². The molecule has 0 bridgehead atoms. The van der Waals surface area contributed by atoms with E-state index < -0.39 is 0 Å². The van der Waals surface area contributed by atoms with E-state index in [-0.39, 0.29) is 5.41 Å². The number of thiazole rings is 1. The summed E-state index contributed by atoms with van der Waals surface area (Å²) >= 11 is 1.74. The van der Waals surface area contributed by atoms with Crippen molar-refractivity contribution in [2.45, 2.75) is 26.2 Å². The van der Waals surface area contributed by atoms with Gasteiger partial charge in [0.1, 0.15) is 5.01 Å². The van der Waals surface area contributed by atoms with Crippen LogP contribution in [0.5, 0.6) is 0 Å². The molecule has 0 aliphatic heterocycles. The molecule has 2 heterocycles. The van der Waals surface area contributed by atoms with Crippen molar-refractivity contribution in [1.82, 2.24) is 9.97 Å². The van der Waals surface area contributed by atoms with Crippen LogP contribution in [0.25, 0.3) is 10.6 Å². The molecule has 0 aromatic carbocycles. The van der Waals surface area contributed by atoms with Crippen molar-refractivity contribution >= 4 is 11.3 Å². The van der Waals surface area contributed by atoms with Gasteiger partial charge in [-0.15, -0.1) is 11.3 Å². The zero-order valence-corrected chi connectivity index (χ0v) is 10.0. The molecule has 0 aliphatic rings. The Balaban J connectivity index is 2.37. The van der Waals surface area contributed by atoms with E-state index in [1.165, 1.54) is 4.88 Å². The average molecular weight is 218 g/mol. The lowest BCUT2D eigenvalue weighted by atomic mass is 9.96. The van der Waals surface area contributed by atoms with E-state index in [0.29, 0.717) is 0 Å². The minimum atomic E-state index is 0.179. The van der Waals surface area contributed by atoms with E-state index in [2.05, 4.69) is 30.7 Å². The zero-order chi connectivity index (χ0) is 10.9. The summed E-state index contributed by atoms with van der Waals surface area (Å²) in [5, 5.41) is 1.05. The second-order valence-electron chi connectivity index (χ2n) is 4.52. The van der Waals surface area contributed by atoms with Crippen molar-refractivity contribution in [3.63, 3.8) is 0 Å². The van der Waals surface area contributed by atoms with Crippen molar-refractivity contribution < 1.29 is 0 Å². The van der Waals surface area contributed by atoms with Crippen LogP contribution in [0.2, 0.25) is 0 Å². The second kappa shape index (κ2) is 3.74. The maximum absolute atomic E-state index is 4.43. The Morgan fingerprint density at radius 3 is 2.53 bits per heavy atom. The fourth-order valence-corrected chi connectivity index (χ4v) is 2.21. The van der Waals surface area contributed by atoms with Crippen molar-refractivity contribution in [3.05, 3.63) is 35.6 Å². The summed E-state index contributed by atoms with van der Waals surface area (Å²) in [5.41, 5.74) is 1.27. The largest absolute Gasteiger partial charge is 0.264 e. The van der Waals surface area contributed by atoms with Crippen LogP contribution in [-0.2, 0) is 5.41 Å². The van der Waals surface area contributed by atoms with Gasteiger partial charge in [-0.05, 0) is 17.5 Å². The van der Waals surface area contributed by atoms with E-state index in [1.54, 1.807) is 17.5 Å². The molecule has 0 amide bonds. The molecule has 15 heavy (non-hydrogen) atoms. The highest BCUT2D eigenvalue weighted by molar-refractivity contribution is 7.15. The highest BCUT2D eigenvalue weighted by Crippen LogP contribution is 2.32. The molecule has 0 N–H and O–H groups in total. The predicted molar refractivity (Wildman–Crippen MR) is 64.0 cm³/mol. The molecule has 2 aromatic heterocycles. The first-order chi connectivity index (χ1) is 7.07. The quantitative estimate of drug-likeness (QED) is 0.732. The fraction of sp³-hybridized carbons (Fsp3) is 0.333. The minimum absolute atomic E-state index is 0.179. The SMILES string of the molecule is CC(C)(C)c1cnc(-c2cccnc2)s1. The minimum Gasteiger partial charge on any atom is -0.264 e. The third kappa shape index (κ3) is 2.23. The maximum Gasteiger partial charge on any atom is 0.125 e. The smallest absolute Gasteiger partial charge is 0.125 e. The van der Waals surface area contributed by atoms with Crippen LogP contribution in [0.1, 0.15) is 25.6 Å². The molecule has 0 saturated heterocycles. The van der Waals surface area contributed by atoms with Crippen molar-refractivity contribution in [1.29, 1.82) is 0 Å². The normalized spacial score (nSPS) is 11.7. The number of nitrogens with zero attached hydrogens (tertiary/aromatic N) is 2. The third-order valence-corrected chi connectivity index (χ3v) is 3.63. The van der Waals surface area contributed by atoms with Crippen LogP contribution >= 0.6 is 11.3 Å². The molecular formula is C12H14N2S. The molecule has 0 aliphatic carbocycles.